The SMILES string of the molecule is CC1CCC2[CH]CCCC(=O)C2C1. The zero-order valence-corrected chi connectivity index (χ0v) is 8.46. The predicted octanol–water partition coefficient (Wildman–Crippen LogP) is 3.00. The summed E-state index contributed by atoms with van der Waals surface area (Å²) >= 11 is 0. The van der Waals surface area contributed by atoms with Crippen molar-refractivity contribution in [3.05, 3.63) is 6.42 Å². The molecule has 3 atom stereocenters. The van der Waals surface area contributed by atoms with Crippen LogP contribution >= 0.6 is 0 Å². The average Bonchev–Trinajstić information content (AvgIpc) is 2.29. The minimum absolute atomic E-state index is 0.395. The summed E-state index contributed by atoms with van der Waals surface area (Å²) in [6, 6.07) is 0. The molecule has 0 aliphatic heterocycles. The number of hydrogen-bond donors (Lipinski definition) is 0. The zero-order chi connectivity index (χ0) is 9.26. The van der Waals surface area contributed by atoms with Crippen molar-refractivity contribution in [2.75, 3.05) is 0 Å². The van der Waals surface area contributed by atoms with Gasteiger partial charge in [0.25, 0.3) is 0 Å². The van der Waals surface area contributed by atoms with Crippen LogP contribution in [0.1, 0.15) is 45.4 Å². The minimum Gasteiger partial charge on any atom is -0.299 e. The van der Waals surface area contributed by atoms with Gasteiger partial charge in [-0.25, -0.2) is 0 Å². The Labute approximate surface area is 80.9 Å². The maximum Gasteiger partial charge on any atom is 0.136 e. The molecular weight excluding hydrogens is 160 g/mol. The smallest absolute Gasteiger partial charge is 0.136 e. The summed E-state index contributed by atoms with van der Waals surface area (Å²) < 4.78 is 0. The van der Waals surface area contributed by atoms with E-state index in [1.165, 1.54) is 19.3 Å². The molecule has 2 aliphatic carbocycles. The molecule has 1 nitrogen and oxygen atoms in total. The van der Waals surface area contributed by atoms with Crippen molar-refractivity contribution >= 4 is 5.78 Å². The van der Waals surface area contributed by atoms with Crippen molar-refractivity contribution in [1.82, 2.24) is 0 Å². The Morgan fingerprint density at radius 3 is 3.08 bits per heavy atom. The first-order valence-corrected chi connectivity index (χ1v) is 5.63. The van der Waals surface area contributed by atoms with Gasteiger partial charge >= 0.3 is 0 Å². The second kappa shape index (κ2) is 3.81. The van der Waals surface area contributed by atoms with Gasteiger partial charge in [0, 0.05) is 12.3 Å². The highest BCUT2D eigenvalue weighted by Crippen LogP contribution is 2.39. The molecular formula is C12H19O. The second-order valence-electron chi connectivity index (χ2n) is 4.78. The zero-order valence-electron chi connectivity index (χ0n) is 8.46. The Morgan fingerprint density at radius 2 is 2.23 bits per heavy atom. The van der Waals surface area contributed by atoms with E-state index < -0.39 is 0 Å². The molecule has 0 aromatic rings. The number of Topliss-reactive ketones (excluding diaryl/α,β-unsaturated/α-hetero) is 1. The Balaban J connectivity index is 2.07. The molecule has 0 amide bonds. The van der Waals surface area contributed by atoms with Crippen molar-refractivity contribution in [1.29, 1.82) is 0 Å². The van der Waals surface area contributed by atoms with Crippen LogP contribution in [0.3, 0.4) is 0 Å². The van der Waals surface area contributed by atoms with Crippen LogP contribution in [0.5, 0.6) is 0 Å². The largest absolute Gasteiger partial charge is 0.299 e. The van der Waals surface area contributed by atoms with Crippen LogP contribution in [-0.2, 0) is 4.79 Å². The van der Waals surface area contributed by atoms with E-state index in [1.807, 2.05) is 0 Å². The third-order valence-electron chi connectivity index (χ3n) is 3.68. The summed E-state index contributed by atoms with van der Waals surface area (Å²) in [6.07, 6.45) is 9.26. The van der Waals surface area contributed by atoms with Gasteiger partial charge in [-0.1, -0.05) is 13.3 Å². The highest BCUT2D eigenvalue weighted by molar-refractivity contribution is 5.81. The highest BCUT2D eigenvalue weighted by atomic mass is 16.1. The van der Waals surface area contributed by atoms with Gasteiger partial charge in [-0.05, 0) is 43.9 Å². The van der Waals surface area contributed by atoms with Crippen molar-refractivity contribution < 1.29 is 4.79 Å². The molecule has 0 bridgehead atoms. The van der Waals surface area contributed by atoms with Crippen LogP contribution in [0.25, 0.3) is 0 Å². The summed E-state index contributed by atoms with van der Waals surface area (Å²) in [5.74, 6) is 2.35. The van der Waals surface area contributed by atoms with Gasteiger partial charge in [-0.15, -0.1) is 0 Å². The fourth-order valence-corrected chi connectivity index (χ4v) is 2.85. The van der Waals surface area contributed by atoms with Gasteiger partial charge in [-0.3, -0.25) is 4.79 Å². The van der Waals surface area contributed by atoms with Crippen molar-refractivity contribution in [3.63, 3.8) is 0 Å². The quantitative estimate of drug-likeness (QED) is 0.558. The van der Waals surface area contributed by atoms with E-state index in [2.05, 4.69) is 13.3 Å². The number of rotatable bonds is 0. The molecule has 2 fully saturated rings. The monoisotopic (exact) mass is 179 g/mol. The predicted molar refractivity (Wildman–Crippen MR) is 53.2 cm³/mol. The summed E-state index contributed by atoms with van der Waals surface area (Å²) in [4.78, 5) is 11.8. The molecule has 0 aromatic heterocycles. The van der Waals surface area contributed by atoms with Gasteiger partial charge < -0.3 is 0 Å². The van der Waals surface area contributed by atoms with Gasteiger partial charge in [0.2, 0.25) is 0 Å². The molecule has 2 saturated carbocycles. The number of ketones is 1. The topological polar surface area (TPSA) is 17.1 Å². The molecule has 13 heavy (non-hydrogen) atoms. The number of carbonyl (C=O) groups is 1. The Morgan fingerprint density at radius 1 is 1.38 bits per heavy atom. The minimum atomic E-state index is 0.395. The maximum atomic E-state index is 11.8. The van der Waals surface area contributed by atoms with Crippen molar-refractivity contribution in [3.8, 4) is 0 Å². The van der Waals surface area contributed by atoms with Crippen molar-refractivity contribution in [2.45, 2.75) is 45.4 Å². The highest BCUT2D eigenvalue weighted by Gasteiger charge is 2.34. The fourth-order valence-electron chi connectivity index (χ4n) is 2.85. The summed E-state index contributed by atoms with van der Waals surface area (Å²) in [5.41, 5.74) is 0. The van der Waals surface area contributed by atoms with Crippen LogP contribution in [-0.4, -0.2) is 5.78 Å². The first-order valence-electron chi connectivity index (χ1n) is 5.63. The lowest BCUT2D eigenvalue weighted by atomic mass is 9.72. The number of carbonyl (C=O) groups excluding carboxylic acids is 1. The van der Waals surface area contributed by atoms with Gasteiger partial charge in [-0.2, -0.15) is 0 Å². The lowest BCUT2D eigenvalue weighted by molar-refractivity contribution is -0.125. The molecule has 73 valence electrons. The third-order valence-corrected chi connectivity index (χ3v) is 3.68. The first kappa shape index (κ1) is 9.23. The van der Waals surface area contributed by atoms with Crippen LogP contribution in [0, 0.1) is 24.2 Å². The third kappa shape index (κ3) is 1.95. The molecule has 0 N–H and O–H groups in total. The normalized spacial score (nSPS) is 41.0. The molecule has 1 heteroatoms. The van der Waals surface area contributed by atoms with Crippen LogP contribution in [0.4, 0.5) is 0 Å². The molecule has 0 saturated heterocycles. The van der Waals surface area contributed by atoms with E-state index in [1.54, 1.807) is 0 Å². The van der Waals surface area contributed by atoms with Gasteiger partial charge in [0.05, 0.1) is 0 Å². The number of hydrogen-bond acceptors (Lipinski definition) is 1. The van der Waals surface area contributed by atoms with E-state index in [-0.39, 0.29) is 0 Å². The van der Waals surface area contributed by atoms with Crippen LogP contribution in [0.15, 0.2) is 0 Å². The Kier molecular flexibility index (Phi) is 2.71. The molecule has 0 aromatic carbocycles. The van der Waals surface area contributed by atoms with Crippen molar-refractivity contribution in [2.24, 2.45) is 17.8 Å². The molecule has 0 spiro atoms. The molecule has 2 aliphatic rings. The molecule has 1 radical (unpaired) electrons. The average molecular weight is 179 g/mol. The maximum absolute atomic E-state index is 11.8. The summed E-state index contributed by atoms with van der Waals surface area (Å²) in [5, 5.41) is 0. The van der Waals surface area contributed by atoms with E-state index in [9.17, 15) is 4.79 Å². The van der Waals surface area contributed by atoms with E-state index in [4.69, 9.17) is 0 Å². The second-order valence-corrected chi connectivity index (χ2v) is 4.78. The lowest BCUT2D eigenvalue weighted by Crippen LogP contribution is -2.28. The lowest BCUT2D eigenvalue weighted by Gasteiger charge is -2.32. The van der Waals surface area contributed by atoms with Crippen LogP contribution < -0.4 is 0 Å². The van der Waals surface area contributed by atoms with Gasteiger partial charge in [0.1, 0.15) is 5.78 Å². The fraction of sp³-hybridized carbons (Fsp3) is 0.833. The molecule has 0 heterocycles. The standard InChI is InChI=1S/C12H19O/c1-9-6-7-10-4-2-3-5-12(13)11(10)8-9/h4,9-11H,2-3,5-8H2,1H3. The first-order chi connectivity index (χ1) is 6.27. The van der Waals surface area contributed by atoms with Gasteiger partial charge in [0.15, 0.2) is 0 Å². The molecule has 2 rings (SSSR count). The molecule has 3 unspecified atom stereocenters. The van der Waals surface area contributed by atoms with E-state index >= 15 is 0 Å². The Hall–Kier alpha value is -0.330. The summed E-state index contributed by atoms with van der Waals surface area (Å²) in [6.45, 7) is 2.29. The Bertz CT molecular complexity index is 197. The van der Waals surface area contributed by atoms with E-state index in [0.717, 1.165) is 25.2 Å². The van der Waals surface area contributed by atoms with Crippen LogP contribution in [0.2, 0.25) is 0 Å². The number of fused-ring (bicyclic) bond motifs is 1. The summed E-state index contributed by atoms with van der Waals surface area (Å²) in [7, 11) is 0. The van der Waals surface area contributed by atoms with E-state index in [0.29, 0.717) is 17.6 Å².